The van der Waals surface area contributed by atoms with Crippen LogP contribution in [0.3, 0.4) is 0 Å². The Labute approximate surface area is 174 Å². The van der Waals surface area contributed by atoms with Gasteiger partial charge in [0.15, 0.2) is 0 Å². The SMILES string of the molecule is C[C@H]1[C@H](Nc2cnn(CC(=O)Nc3cccnc3)c(=O)c2Cl)C[C@H]2C[C@@H]1C2(C)C. The minimum absolute atomic E-state index is 0.0693. The monoisotopic (exact) mass is 415 g/mol. The zero-order chi connectivity index (χ0) is 20.8. The van der Waals surface area contributed by atoms with Crippen molar-refractivity contribution in [3.63, 3.8) is 0 Å². The van der Waals surface area contributed by atoms with E-state index in [2.05, 4.69) is 41.5 Å². The number of carbonyl (C=O) groups excluding carboxylic acids is 1. The van der Waals surface area contributed by atoms with Crippen LogP contribution in [-0.2, 0) is 11.3 Å². The van der Waals surface area contributed by atoms with Gasteiger partial charge in [-0.15, -0.1) is 0 Å². The number of aromatic nitrogens is 3. The van der Waals surface area contributed by atoms with E-state index in [1.807, 2.05) is 0 Å². The fourth-order valence-corrected chi connectivity index (χ4v) is 5.19. The molecule has 3 saturated carbocycles. The molecule has 29 heavy (non-hydrogen) atoms. The van der Waals surface area contributed by atoms with Crippen molar-refractivity contribution in [3.8, 4) is 0 Å². The standard InChI is InChI=1S/C21H26ClN5O2/c1-12-15-7-13(21(15,2)3)8-16(12)26-17-10-24-27(20(29)19(17)22)11-18(28)25-14-5-4-6-23-9-14/h4-6,9-10,12-13,15-16,26H,7-8,11H2,1-3H3,(H,25,28)/t12-,13-,15+,16-/m1/s1. The van der Waals surface area contributed by atoms with Gasteiger partial charge in [0.05, 0.1) is 23.8 Å². The lowest BCUT2D eigenvalue weighted by Crippen LogP contribution is -2.58. The van der Waals surface area contributed by atoms with E-state index in [9.17, 15) is 9.59 Å². The molecule has 2 N–H and O–H groups in total. The van der Waals surface area contributed by atoms with Crippen molar-refractivity contribution in [1.82, 2.24) is 14.8 Å². The summed E-state index contributed by atoms with van der Waals surface area (Å²) in [4.78, 5) is 28.7. The molecule has 154 valence electrons. The maximum atomic E-state index is 12.6. The van der Waals surface area contributed by atoms with Crippen LogP contribution < -0.4 is 16.2 Å². The second-order valence-corrected chi connectivity index (χ2v) is 9.21. The molecule has 1 amide bonds. The van der Waals surface area contributed by atoms with Crippen LogP contribution in [0.2, 0.25) is 5.02 Å². The zero-order valence-corrected chi connectivity index (χ0v) is 17.6. The molecule has 0 aliphatic heterocycles. The molecule has 2 bridgehead atoms. The van der Waals surface area contributed by atoms with Crippen LogP contribution in [0.25, 0.3) is 0 Å². The van der Waals surface area contributed by atoms with Crippen LogP contribution in [-0.4, -0.2) is 26.7 Å². The molecule has 0 spiro atoms. The highest BCUT2D eigenvalue weighted by atomic mass is 35.5. The molecule has 3 aliphatic rings. The molecule has 2 aromatic heterocycles. The number of rotatable bonds is 5. The summed E-state index contributed by atoms with van der Waals surface area (Å²) in [5.74, 6) is 1.51. The number of fused-ring (bicyclic) bond motifs is 2. The third-order valence-electron chi connectivity index (χ3n) is 6.92. The van der Waals surface area contributed by atoms with Gasteiger partial charge in [-0.25, -0.2) is 4.68 Å². The number of amides is 1. The van der Waals surface area contributed by atoms with E-state index in [1.54, 1.807) is 24.5 Å². The first-order chi connectivity index (χ1) is 13.8. The van der Waals surface area contributed by atoms with Gasteiger partial charge in [0, 0.05) is 12.2 Å². The zero-order valence-electron chi connectivity index (χ0n) is 16.9. The largest absolute Gasteiger partial charge is 0.379 e. The van der Waals surface area contributed by atoms with E-state index in [1.165, 1.54) is 12.6 Å². The van der Waals surface area contributed by atoms with Crippen molar-refractivity contribution in [3.05, 3.63) is 46.1 Å². The van der Waals surface area contributed by atoms with Crippen LogP contribution in [0.1, 0.15) is 33.6 Å². The van der Waals surface area contributed by atoms with Crippen molar-refractivity contribution in [2.75, 3.05) is 10.6 Å². The summed E-state index contributed by atoms with van der Waals surface area (Å²) in [6.07, 6.45) is 7.04. The van der Waals surface area contributed by atoms with Crippen LogP contribution in [0.15, 0.2) is 35.5 Å². The summed E-state index contributed by atoms with van der Waals surface area (Å²) in [7, 11) is 0. The molecule has 0 radical (unpaired) electrons. The highest BCUT2D eigenvalue weighted by Gasteiger charge is 2.56. The fourth-order valence-electron chi connectivity index (χ4n) is 4.99. The molecule has 5 rings (SSSR count). The van der Waals surface area contributed by atoms with E-state index in [0.717, 1.165) is 11.1 Å². The topological polar surface area (TPSA) is 88.9 Å². The molecule has 0 unspecified atom stereocenters. The number of hydrogen-bond acceptors (Lipinski definition) is 5. The molecule has 3 fully saturated rings. The highest BCUT2D eigenvalue weighted by Crippen LogP contribution is 2.61. The van der Waals surface area contributed by atoms with E-state index >= 15 is 0 Å². The summed E-state index contributed by atoms with van der Waals surface area (Å²) in [6.45, 7) is 6.76. The lowest BCUT2D eigenvalue weighted by atomic mass is 9.45. The average molecular weight is 416 g/mol. The number of hydrogen-bond donors (Lipinski definition) is 2. The van der Waals surface area contributed by atoms with E-state index in [0.29, 0.717) is 34.5 Å². The first-order valence-corrected chi connectivity index (χ1v) is 10.4. The average Bonchev–Trinajstić information content (AvgIpc) is 2.69. The predicted octanol–water partition coefficient (Wildman–Crippen LogP) is 3.41. The summed E-state index contributed by atoms with van der Waals surface area (Å²) in [5.41, 5.74) is 1.01. The second kappa shape index (κ2) is 7.44. The fraction of sp³-hybridized carbons (Fsp3) is 0.524. The van der Waals surface area contributed by atoms with Crippen molar-refractivity contribution < 1.29 is 4.79 Å². The summed E-state index contributed by atoms with van der Waals surface area (Å²) >= 11 is 6.34. The third kappa shape index (κ3) is 3.64. The Morgan fingerprint density at radius 1 is 1.34 bits per heavy atom. The van der Waals surface area contributed by atoms with Crippen molar-refractivity contribution in [1.29, 1.82) is 0 Å². The molecular weight excluding hydrogens is 390 g/mol. The van der Waals surface area contributed by atoms with Crippen molar-refractivity contribution >= 4 is 28.9 Å². The van der Waals surface area contributed by atoms with Crippen LogP contribution >= 0.6 is 11.6 Å². The Kier molecular flexibility index (Phi) is 5.11. The van der Waals surface area contributed by atoms with Gasteiger partial charge in [-0.05, 0) is 48.1 Å². The minimum Gasteiger partial charge on any atom is -0.379 e. The Bertz CT molecular complexity index is 975. The molecule has 2 heterocycles. The molecule has 8 heteroatoms. The van der Waals surface area contributed by atoms with Gasteiger partial charge in [-0.1, -0.05) is 32.4 Å². The van der Waals surface area contributed by atoms with Crippen LogP contribution in [0.4, 0.5) is 11.4 Å². The van der Waals surface area contributed by atoms with Gasteiger partial charge in [0.2, 0.25) is 5.91 Å². The molecule has 2 aromatic rings. The quantitative estimate of drug-likeness (QED) is 0.781. The van der Waals surface area contributed by atoms with Gasteiger partial charge >= 0.3 is 0 Å². The first kappa shape index (κ1) is 19.9. The maximum Gasteiger partial charge on any atom is 0.288 e. The van der Waals surface area contributed by atoms with Crippen LogP contribution in [0.5, 0.6) is 0 Å². The third-order valence-corrected chi connectivity index (χ3v) is 7.28. The van der Waals surface area contributed by atoms with Gasteiger partial charge in [0.25, 0.3) is 5.56 Å². The molecule has 7 nitrogen and oxygen atoms in total. The van der Waals surface area contributed by atoms with Crippen LogP contribution in [0, 0.1) is 23.2 Å². The Balaban J connectivity index is 1.44. The van der Waals surface area contributed by atoms with Gasteiger partial charge in [-0.3, -0.25) is 14.6 Å². The number of halogens is 1. The second-order valence-electron chi connectivity index (χ2n) is 8.83. The molecule has 0 aromatic carbocycles. The van der Waals surface area contributed by atoms with E-state index < -0.39 is 5.56 Å². The summed E-state index contributed by atoms with van der Waals surface area (Å²) in [5, 5.41) is 10.3. The Morgan fingerprint density at radius 3 is 2.79 bits per heavy atom. The smallest absolute Gasteiger partial charge is 0.288 e. The summed E-state index contributed by atoms with van der Waals surface area (Å²) in [6, 6.07) is 3.71. The van der Waals surface area contributed by atoms with Crippen molar-refractivity contribution in [2.24, 2.45) is 23.2 Å². The maximum absolute atomic E-state index is 12.6. The number of nitrogens with one attached hydrogen (secondary N) is 2. The first-order valence-electron chi connectivity index (χ1n) is 9.99. The molecule has 3 aliphatic carbocycles. The normalized spacial score (nSPS) is 27.0. The predicted molar refractivity (Wildman–Crippen MR) is 113 cm³/mol. The van der Waals surface area contributed by atoms with E-state index in [-0.39, 0.29) is 23.5 Å². The lowest BCUT2D eigenvalue weighted by molar-refractivity contribution is -0.117. The Morgan fingerprint density at radius 2 is 2.14 bits per heavy atom. The highest BCUT2D eigenvalue weighted by molar-refractivity contribution is 6.32. The van der Waals surface area contributed by atoms with Gasteiger partial charge in [-0.2, -0.15) is 5.10 Å². The Hall–Kier alpha value is -2.41. The van der Waals surface area contributed by atoms with Gasteiger partial charge in [0.1, 0.15) is 11.6 Å². The molecule has 4 atom stereocenters. The number of pyridine rings is 1. The molecule has 0 saturated heterocycles. The lowest BCUT2D eigenvalue weighted by Gasteiger charge is -2.62. The van der Waals surface area contributed by atoms with Gasteiger partial charge < -0.3 is 10.6 Å². The number of nitrogens with zero attached hydrogens (tertiary/aromatic N) is 3. The molecular formula is C21H26ClN5O2. The van der Waals surface area contributed by atoms with E-state index in [4.69, 9.17) is 11.6 Å². The minimum atomic E-state index is -0.480. The summed E-state index contributed by atoms with van der Waals surface area (Å²) < 4.78 is 1.07. The number of carbonyl (C=O) groups is 1. The van der Waals surface area contributed by atoms with Crippen molar-refractivity contribution in [2.45, 2.75) is 46.2 Å². The number of anilines is 2.